The van der Waals surface area contributed by atoms with Crippen LogP contribution in [0.15, 0.2) is 59.1 Å². The molecule has 0 aliphatic carbocycles. The van der Waals surface area contributed by atoms with E-state index in [2.05, 4.69) is 4.98 Å². The summed E-state index contributed by atoms with van der Waals surface area (Å²) in [5.74, 6) is 0. The Bertz CT molecular complexity index is 704. The predicted molar refractivity (Wildman–Crippen MR) is 76.3 cm³/mol. The van der Waals surface area contributed by atoms with Gasteiger partial charge in [0.15, 0.2) is 5.03 Å². The maximum absolute atomic E-state index is 12.2. The van der Waals surface area contributed by atoms with Gasteiger partial charge in [0.05, 0.1) is 0 Å². The minimum atomic E-state index is -3.50. The van der Waals surface area contributed by atoms with Crippen LogP contribution in [0.2, 0.25) is 0 Å². The molecule has 98 valence electrons. The lowest BCUT2D eigenvalue weighted by Crippen LogP contribution is -2.00. The lowest BCUT2D eigenvalue weighted by atomic mass is 10.0. The zero-order chi connectivity index (χ0) is 13.9. The molecule has 0 saturated heterocycles. The molecule has 3 nitrogen and oxygen atoms in total. The largest absolute Gasteiger partial charge is 0.244 e. The molecule has 0 radical (unpaired) electrons. The highest BCUT2D eigenvalue weighted by atomic mass is 32.2. The maximum Gasteiger partial charge on any atom is 0.217 e. The van der Waals surface area contributed by atoms with Crippen LogP contribution in [0.5, 0.6) is 0 Å². The molecule has 1 aromatic heterocycles. The van der Waals surface area contributed by atoms with Crippen LogP contribution in [0.3, 0.4) is 0 Å². The average molecular weight is 273 g/mol. The first-order valence-electron chi connectivity index (χ1n) is 5.91. The van der Waals surface area contributed by atoms with Gasteiger partial charge in [0, 0.05) is 11.6 Å². The fraction of sp³-hybridized carbons (Fsp3) is 0.133. The monoisotopic (exact) mass is 273 g/mol. The molecule has 0 fully saturated rings. The molecule has 2 aromatic rings. The van der Waals surface area contributed by atoms with Crippen LogP contribution in [0.4, 0.5) is 0 Å². The van der Waals surface area contributed by atoms with Crippen LogP contribution < -0.4 is 0 Å². The highest BCUT2D eigenvalue weighted by Crippen LogP contribution is 2.21. The molecule has 0 saturated carbocycles. The molecule has 0 amide bonds. The van der Waals surface area contributed by atoms with Gasteiger partial charge in [-0.25, -0.2) is 13.4 Å². The summed E-state index contributed by atoms with van der Waals surface area (Å²) in [5.41, 5.74) is 2.69. The fourth-order valence-corrected chi connectivity index (χ4v) is 3.08. The van der Waals surface area contributed by atoms with Gasteiger partial charge in [-0.1, -0.05) is 30.3 Å². The molecule has 1 heterocycles. The summed E-state index contributed by atoms with van der Waals surface area (Å²) in [5, 5.41) is 1.35. The van der Waals surface area contributed by atoms with E-state index in [-0.39, 0.29) is 5.03 Å². The van der Waals surface area contributed by atoms with E-state index >= 15 is 0 Å². The number of benzene rings is 1. The van der Waals surface area contributed by atoms with E-state index < -0.39 is 9.84 Å². The first kappa shape index (κ1) is 13.5. The van der Waals surface area contributed by atoms with E-state index in [1.807, 2.05) is 31.2 Å². The average Bonchev–Trinajstić information content (AvgIpc) is 2.39. The molecule has 0 atom stereocenters. The van der Waals surface area contributed by atoms with Crippen molar-refractivity contribution in [2.75, 3.05) is 0 Å². The van der Waals surface area contributed by atoms with Gasteiger partial charge in [-0.05, 0) is 42.7 Å². The number of nitrogens with zero attached hydrogens (tertiary/aromatic N) is 1. The molecule has 4 heteroatoms. The quantitative estimate of drug-likeness (QED) is 0.862. The Morgan fingerprint density at radius 2 is 1.79 bits per heavy atom. The van der Waals surface area contributed by atoms with Crippen molar-refractivity contribution in [2.45, 2.75) is 18.9 Å². The number of rotatable bonds is 3. The Balaban J connectivity index is 2.45. The summed E-state index contributed by atoms with van der Waals surface area (Å²) in [6.45, 7) is 3.75. The van der Waals surface area contributed by atoms with E-state index in [1.165, 1.54) is 17.7 Å². The SMILES string of the molecule is C/C(=C\S(=O)(=O)c1ccccn1)c1ccccc1C. The number of sulfone groups is 1. The third kappa shape index (κ3) is 3.09. The summed E-state index contributed by atoms with van der Waals surface area (Å²) in [6, 6.07) is 12.5. The lowest BCUT2D eigenvalue weighted by Gasteiger charge is -2.06. The van der Waals surface area contributed by atoms with Gasteiger partial charge < -0.3 is 0 Å². The van der Waals surface area contributed by atoms with Crippen molar-refractivity contribution in [3.8, 4) is 0 Å². The predicted octanol–water partition coefficient (Wildman–Crippen LogP) is 3.22. The molecule has 0 aliphatic heterocycles. The molecular formula is C15H15NO2S. The van der Waals surface area contributed by atoms with Gasteiger partial charge >= 0.3 is 0 Å². The number of aryl methyl sites for hydroxylation is 1. The summed E-state index contributed by atoms with van der Waals surface area (Å²) in [4.78, 5) is 3.89. The minimum Gasteiger partial charge on any atom is -0.244 e. The van der Waals surface area contributed by atoms with E-state index in [0.717, 1.165) is 11.1 Å². The highest BCUT2D eigenvalue weighted by Gasteiger charge is 2.13. The van der Waals surface area contributed by atoms with Crippen LogP contribution in [0.1, 0.15) is 18.1 Å². The second-order valence-corrected chi connectivity index (χ2v) is 6.07. The van der Waals surface area contributed by atoms with Gasteiger partial charge in [-0.3, -0.25) is 0 Å². The van der Waals surface area contributed by atoms with E-state index in [0.29, 0.717) is 5.57 Å². The van der Waals surface area contributed by atoms with Crippen molar-refractivity contribution in [1.82, 2.24) is 4.98 Å². The van der Waals surface area contributed by atoms with Crippen molar-refractivity contribution in [3.05, 3.63) is 65.2 Å². The zero-order valence-electron chi connectivity index (χ0n) is 10.9. The second kappa shape index (κ2) is 5.36. The first-order valence-corrected chi connectivity index (χ1v) is 7.46. The summed E-state index contributed by atoms with van der Waals surface area (Å²) < 4.78 is 24.4. The highest BCUT2D eigenvalue weighted by molar-refractivity contribution is 7.94. The molecule has 0 spiro atoms. The summed E-state index contributed by atoms with van der Waals surface area (Å²) in [7, 11) is -3.50. The van der Waals surface area contributed by atoms with Gasteiger partial charge in [0.25, 0.3) is 0 Å². The van der Waals surface area contributed by atoms with Gasteiger partial charge in [0.2, 0.25) is 9.84 Å². The molecule has 19 heavy (non-hydrogen) atoms. The standard InChI is InChI=1S/C15H15NO2S/c1-12-7-3-4-8-14(12)13(2)11-19(17,18)15-9-5-6-10-16-15/h3-11H,1-2H3/b13-11+. The third-order valence-corrected chi connectivity index (χ3v) is 4.32. The van der Waals surface area contributed by atoms with E-state index in [4.69, 9.17) is 0 Å². The molecule has 1 aromatic carbocycles. The Labute approximate surface area is 113 Å². The Hall–Kier alpha value is -1.94. The normalized spacial score (nSPS) is 12.4. The van der Waals surface area contributed by atoms with Crippen LogP contribution in [-0.4, -0.2) is 13.4 Å². The summed E-state index contributed by atoms with van der Waals surface area (Å²) >= 11 is 0. The molecule has 0 aliphatic rings. The minimum absolute atomic E-state index is 0.0722. The van der Waals surface area contributed by atoms with Crippen molar-refractivity contribution in [3.63, 3.8) is 0 Å². The van der Waals surface area contributed by atoms with Crippen LogP contribution in [-0.2, 0) is 9.84 Å². The van der Waals surface area contributed by atoms with Gasteiger partial charge in [-0.2, -0.15) is 0 Å². The van der Waals surface area contributed by atoms with Crippen molar-refractivity contribution in [2.24, 2.45) is 0 Å². The Morgan fingerprint density at radius 3 is 2.42 bits per heavy atom. The van der Waals surface area contributed by atoms with E-state index in [1.54, 1.807) is 19.1 Å². The third-order valence-electron chi connectivity index (χ3n) is 2.83. The number of aromatic nitrogens is 1. The topological polar surface area (TPSA) is 47.0 Å². The van der Waals surface area contributed by atoms with Crippen molar-refractivity contribution in [1.29, 1.82) is 0 Å². The Kier molecular flexibility index (Phi) is 3.81. The second-order valence-electron chi connectivity index (χ2n) is 4.33. The molecule has 0 N–H and O–H groups in total. The number of hydrogen-bond donors (Lipinski definition) is 0. The number of hydrogen-bond acceptors (Lipinski definition) is 3. The fourth-order valence-electron chi connectivity index (χ4n) is 1.89. The van der Waals surface area contributed by atoms with Gasteiger partial charge in [0.1, 0.15) is 0 Å². The van der Waals surface area contributed by atoms with Crippen LogP contribution in [0, 0.1) is 6.92 Å². The smallest absolute Gasteiger partial charge is 0.217 e. The molecule has 2 rings (SSSR count). The number of allylic oxidation sites excluding steroid dienone is 1. The van der Waals surface area contributed by atoms with Crippen LogP contribution >= 0.6 is 0 Å². The van der Waals surface area contributed by atoms with Crippen LogP contribution in [0.25, 0.3) is 5.57 Å². The van der Waals surface area contributed by atoms with Crippen molar-refractivity contribution >= 4 is 15.4 Å². The van der Waals surface area contributed by atoms with Gasteiger partial charge in [-0.15, -0.1) is 0 Å². The molecule has 0 unspecified atom stereocenters. The first-order chi connectivity index (χ1) is 9.00. The molecular weight excluding hydrogens is 258 g/mol. The Morgan fingerprint density at radius 1 is 1.11 bits per heavy atom. The lowest BCUT2D eigenvalue weighted by molar-refractivity contribution is 0.601. The summed E-state index contributed by atoms with van der Waals surface area (Å²) in [6.07, 6.45) is 1.48. The van der Waals surface area contributed by atoms with Crippen molar-refractivity contribution < 1.29 is 8.42 Å². The number of pyridine rings is 1. The molecule has 0 bridgehead atoms. The van der Waals surface area contributed by atoms with E-state index in [9.17, 15) is 8.42 Å². The maximum atomic E-state index is 12.2. The zero-order valence-corrected chi connectivity index (χ0v) is 11.7.